The molecule has 2 aromatic carbocycles. The molecule has 2 rings (SSSR count). The van der Waals surface area contributed by atoms with Crippen molar-refractivity contribution in [3.05, 3.63) is 71.8 Å². The number of thioether (sulfide) groups is 1. The second-order valence-electron chi connectivity index (χ2n) is 8.62. The third-order valence-electron chi connectivity index (χ3n) is 5.52. The van der Waals surface area contributed by atoms with Crippen LogP contribution in [0.5, 0.6) is 0 Å². The number of aliphatic hydroxyl groups is 1. The first-order valence-electron chi connectivity index (χ1n) is 10.9. The highest BCUT2D eigenvalue weighted by atomic mass is 32.2. The maximum Gasteiger partial charge on any atom is 0.290 e. The lowest BCUT2D eigenvalue weighted by Crippen LogP contribution is -2.66. The molecule has 0 aliphatic rings. The van der Waals surface area contributed by atoms with E-state index in [1.54, 1.807) is 11.8 Å². The van der Waals surface area contributed by atoms with Gasteiger partial charge in [-0.2, -0.15) is 11.8 Å². The van der Waals surface area contributed by atoms with Crippen molar-refractivity contribution in [3.63, 3.8) is 0 Å². The van der Waals surface area contributed by atoms with Gasteiger partial charge >= 0.3 is 0 Å². The molecule has 0 bridgehead atoms. The van der Waals surface area contributed by atoms with Crippen molar-refractivity contribution in [2.75, 3.05) is 32.6 Å². The Hall–Kier alpha value is -2.35. The highest BCUT2D eigenvalue weighted by Crippen LogP contribution is 2.21. The van der Waals surface area contributed by atoms with Crippen molar-refractivity contribution < 1.29 is 19.3 Å². The number of likely N-dealkylation sites (N-methyl/N-ethyl adjacent to an activating group) is 1. The molecule has 0 heterocycles. The Balaban J connectivity index is 2.22. The maximum absolute atomic E-state index is 13.6. The lowest BCUT2D eigenvalue weighted by molar-refractivity contribution is -0.928. The van der Waals surface area contributed by atoms with Crippen molar-refractivity contribution >= 4 is 23.6 Å². The standard InChI is InChI=1S/C25H35N3O3S/c1-5-25(26-23(30)16-17-32-4,18-20-12-8-6-9-13-20)24(31)27-28(2,3)19-22(29)21-14-10-7-11-15-21/h6-15,22,29H,5,16-19H2,1-4H3,(H-,26,27,30,31)/p+1. The molecule has 2 aromatic rings. The number of rotatable bonds is 12. The summed E-state index contributed by atoms with van der Waals surface area (Å²) in [6.45, 7) is 2.21. The van der Waals surface area contributed by atoms with Gasteiger partial charge in [0.2, 0.25) is 5.91 Å². The molecule has 174 valence electrons. The molecule has 0 radical (unpaired) electrons. The van der Waals surface area contributed by atoms with Crippen molar-refractivity contribution in [2.24, 2.45) is 0 Å². The minimum absolute atomic E-state index is 0.0755. The van der Waals surface area contributed by atoms with Crippen LogP contribution in [0.3, 0.4) is 0 Å². The van der Waals surface area contributed by atoms with Crippen LogP contribution in [0.1, 0.15) is 37.0 Å². The molecule has 0 fully saturated rings. The van der Waals surface area contributed by atoms with Crippen LogP contribution >= 0.6 is 11.8 Å². The highest BCUT2D eigenvalue weighted by molar-refractivity contribution is 7.98. The van der Waals surface area contributed by atoms with Gasteiger partial charge in [0.25, 0.3) is 5.91 Å². The van der Waals surface area contributed by atoms with Gasteiger partial charge in [0.15, 0.2) is 0 Å². The first-order valence-corrected chi connectivity index (χ1v) is 12.3. The zero-order chi connectivity index (χ0) is 23.6. The molecule has 6 nitrogen and oxygen atoms in total. The van der Waals surface area contributed by atoms with E-state index in [2.05, 4.69) is 10.7 Å². The van der Waals surface area contributed by atoms with E-state index in [1.807, 2.05) is 87.9 Å². The molecule has 0 spiro atoms. The second-order valence-corrected chi connectivity index (χ2v) is 9.61. The van der Waals surface area contributed by atoms with Gasteiger partial charge in [-0.1, -0.05) is 67.6 Å². The molecule has 0 saturated heterocycles. The summed E-state index contributed by atoms with van der Waals surface area (Å²) < 4.78 is 0.0755. The molecule has 0 aliphatic carbocycles. The third-order valence-corrected chi connectivity index (χ3v) is 6.13. The van der Waals surface area contributed by atoms with Crippen molar-refractivity contribution in [3.8, 4) is 0 Å². The molecule has 2 atom stereocenters. The van der Waals surface area contributed by atoms with E-state index in [4.69, 9.17) is 0 Å². The van der Waals surface area contributed by atoms with Crippen LogP contribution in [0.15, 0.2) is 60.7 Å². The Morgan fingerprint density at radius 1 is 1.06 bits per heavy atom. The SMILES string of the molecule is CCC(Cc1ccccc1)(NC(=O)CCSC)C(=O)N[N+](C)(C)CC(O)c1ccccc1. The molecule has 2 amide bonds. The second kappa shape index (κ2) is 12.0. The number of quaternary nitrogens is 1. The van der Waals surface area contributed by atoms with Crippen LogP contribution in [0, 0.1) is 0 Å². The molecule has 3 N–H and O–H groups in total. The Bertz CT molecular complexity index is 861. The third kappa shape index (κ3) is 7.65. The number of amides is 2. The summed E-state index contributed by atoms with van der Waals surface area (Å²) in [6, 6.07) is 19.1. The predicted molar refractivity (Wildman–Crippen MR) is 131 cm³/mol. The molecular weight excluding hydrogens is 422 g/mol. The monoisotopic (exact) mass is 458 g/mol. The normalized spacial score (nSPS) is 14.3. The van der Waals surface area contributed by atoms with Crippen LogP contribution in [-0.4, -0.2) is 59.7 Å². The van der Waals surface area contributed by atoms with Crippen LogP contribution < -0.4 is 10.7 Å². The number of aliphatic hydroxyl groups excluding tert-OH is 1. The van der Waals surface area contributed by atoms with Crippen LogP contribution in [-0.2, 0) is 16.0 Å². The fourth-order valence-electron chi connectivity index (χ4n) is 3.66. The molecule has 2 unspecified atom stereocenters. The largest absolute Gasteiger partial charge is 0.382 e. The van der Waals surface area contributed by atoms with Gasteiger partial charge in [-0.05, 0) is 23.8 Å². The topological polar surface area (TPSA) is 78.4 Å². The molecule has 7 heteroatoms. The Kier molecular flexibility index (Phi) is 9.75. The average Bonchev–Trinajstić information content (AvgIpc) is 2.77. The summed E-state index contributed by atoms with van der Waals surface area (Å²) in [7, 11) is 3.67. The van der Waals surface area contributed by atoms with E-state index in [-0.39, 0.29) is 16.4 Å². The first-order chi connectivity index (χ1) is 15.2. The summed E-state index contributed by atoms with van der Waals surface area (Å²) in [5.41, 5.74) is 3.74. The first kappa shape index (κ1) is 25.9. The summed E-state index contributed by atoms with van der Waals surface area (Å²) in [5, 5.41) is 13.7. The molecule has 32 heavy (non-hydrogen) atoms. The number of hydrogen-bond donors (Lipinski definition) is 3. The lowest BCUT2D eigenvalue weighted by Gasteiger charge is -2.38. The summed E-state index contributed by atoms with van der Waals surface area (Å²) in [5.74, 6) is 0.303. The number of nitrogens with one attached hydrogen (secondary N) is 2. The van der Waals surface area contributed by atoms with Gasteiger partial charge in [0.05, 0.1) is 14.1 Å². The smallest absolute Gasteiger partial charge is 0.290 e. The number of carbonyl (C=O) groups is 2. The summed E-state index contributed by atoms with van der Waals surface area (Å²) >= 11 is 1.60. The van der Waals surface area contributed by atoms with E-state index in [9.17, 15) is 14.7 Å². The number of nitrogens with zero attached hydrogens (tertiary/aromatic N) is 1. The minimum atomic E-state index is -1.08. The Morgan fingerprint density at radius 2 is 1.66 bits per heavy atom. The Morgan fingerprint density at radius 3 is 2.22 bits per heavy atom. The quantitative estimate of drug-likeness (QED) is 0.337. The average molecular weight is 459 g/mol. The van der Waals surface area contributed by atoms with Gasteiger partial charge in [0, 0.05) is 18.6 Å². The van der Waals surface area contributed by atoms with Gasteiger partial charge < -0.3 is 10.4 Å². The minimum Gasteiger partial charge on any atom is -0.382 e. The van der Waals surface area contributed by atoms with Crippen LogP contribution in [0.4, 0.5) is 0 Å². The fraction of sp³-hybridized carbons (Fsp3) is 0.440. The summed E-state index contributed by atoms with van der Waals surface area (Å²) in [4.78, 5) is 26.3. The van der Waals surface area contributed by atoms with Gasteiger partial charge in [0.1, 0.15) is 18.2 Å². The molecule has 0 saturated carbocycles. The highest BCUT2D eigenvalue weighted by Gasteiger charge is 2.41. The number of hydrogen-bond acceptors (Lipinski definition) is 4. The number of carbonyl (C=O) groups excluding carboxylic acids is 2. The van der Waals surface area contributed by atoms with Crippen molar-refractivity contribution in [1.82, 2.24) is 10.7 Å². The molecule has 0 aliphatic heterocycles. The van der Waals surface area contributed by atoms with Crippen molar-refractivity contribution in [1.29, 1.82) is 0 Å². The zero-order valence-corrected chi connectivity index (χ0v) is 20.3. The predicted octanol–water partition coefficient (Wildman–Crippen LogP) is 3.09. The molecule has 0 aromatic heterocycles. The van der Waals surface area contributed by atoms with E-state index in [0.717, 1.165) is 11.1 Å². The van der Waals surface area contributed by atoms with E-state index in [0.29, 0.717) is 31.6 Å². The van der Waals surface area contributed by atoms with E-state index < -0.39 is 11.6 Å². The zero-order valence-electron chi connectivity index (χ0n) is 19.5. The van der Waals surface area contributed by atoms with Crippen LogP contribution in [0.25, 0.3) is 0 Å². The van der Waals surface area contributed by atoms with E-state index in [1.165, 1.54) is 0 Å². The van der Waals surface area contributed by atoms with Gasteiger partial charge in [-0.3, -0.25) is 9.59 Å². The molecular formula is C25H36N3O3S+. The fourth-order valence-corrected chi connectivity index (χ4v) is 4.05. The lowest BCUT2D eigenvalue weighted by atomic mass is 9.87. The number of benzene rings is 2. The Labute approximate surface area is 196 Å². The van der Waals surface area contributed by atoms with E-state index >= 15 is 0 Å². The van der Waals surface area contributed by atoms with Gasteiger partial charge in [-0.15, -0.1) is 0 Å². The van der Waals surface area contributed by atoms with Crippen LogP contribution in [0.2, 0.25) is 0 Å². The van der Waals surface area contributed by atoms with Crippen molar-refractivity contribution in [2.45, 2.75) is 37.8 Å². The van der Waals surface area contributed by atoms with Gasteiger partial charge in [-0.25, -0.2) is 10.0 Å². The summed E-state index contributed by atoms with van der Waals surface area (Å²) in [6.07, 6.45) is 2.42. The maximum atomic E-state index is 13.6.